The molecule has 154 valence electrons. The fraction of sp³-hybridized carbons (Fsp3) is 0.296. The van der Waals surface area contributed by atoms with Crippen LogP contribution in [0.15, 0.2) is 91.0 Å². The summed E-state index contributed by atoms with van der Waals surface area (Å²) in [4.78, 5) is 13.1. The zero-order valence-electron chi connectivity index (χ0n) is 17.5. The molecule has 1 saturated heterocycles. The number of carbonyl (C=O) groups is 1. The van der Waals surface area contributed by atoms with E-state index < -0.39 is 5.41 Å². The Kier molecular flexibility index (Phi) is 6.29. The van der Waals surface area contributed by atoms with E-state index in [1.165, 1.54) is 0 Å². The minimum atomic E-state index is -0.591. The summed E-state index contributed by atoms with van der Waals surface area (Å²) in [6.07, 6.45) is 1.30. The number of ether oxygens (including phenoxy) is 1. The Labute approximate surface area is 179 Å². The maximum Gasteiger partial charge on any atom is 0.309 e. The van der Waals surface area contributed by atoms with Gasteiger partial charge < -0.3 is 10.1 Å². The average Bonchev–Trinajstić information content (AvgIpc) is 2.82. The average molecular weight is 400 g/mol. The van der Waals surface area contributed by atoms with Crippen LogP contribution in [0.5, 0.6) is 0 Å². The quantitative estimate of drug-likeness (QED) is 0.471. The normalized spacial score (nSPS) is 16.0. The highest BCUT2D eigenvalue weighted by Crippen LogP contribution is 2.43. The van der Waals surface area contributed by atoms with Gasteiger partial charge in [0.1, 0.15) is 6.10 Å². The first-order valence-corrected chi connectivity index (χ1v) is 10.8. The van der Waals surface area contributed by atoms with Crippen molar-refractivity contribution in [3.63, 3.8) is 0 Å². The van der Waals surface area contributed by atoms with Crippen LogP contribution in [0.1, 0.15) is 36.5 Å². The van der Waals surface area contributed by atoms with Crippen LogP contribution in [0.2, 0.25) is 0 Å². The van der Waals surface area contributed by atoms with Gasteiger partial charge in [0.25, 0.3) is 0 Å². The topological polar surface area (TPSA) is 38.3 Å². The maximum absolute atomic E-state index is 13.1. The first kappa shape index (κ1) is 20.4. The number of nitrogens with one attached hydrogen (secondary N) is 1. The molecule has 1 fully saturated rings. The van der Waals surface area contributed by atoms with Crippen LogP contribution >= 0.6 is 0 Å². The monoisotopic (exact) mass is 399 g/mol. The molecule has 1 unspecified atom stereocenters. The van der Waals surface area contributed by atoms with Gasteiger partial charge in [-0.05, 0) is 49.5 Å². The van der Waals surface area contributed by atoms with Crippen molar-refractivity contribution < 1.29 is 9.53 Å². The van der Waals surface area contributed by atoms with Gasteiger partial charge in [-0.3, -0.25) is 4.79 Å². The van der Waals surface area contributed by atoms with Crippen molar-refractivity contribution in [1.29, 1.82) is 0 Å². The lowest BCUT2D eigenvalue weighted by Crippen LogP contribution is -2.44. The number of rotatable bonds is 6. The molecule has 0 aliphatic carbocycles. The molecule has 0 radical (unpaired) electrons. The van der Waals surface area contributed by atoms with E-state index in [9.17, 15) is 4.79 Å². The molecule has 1 atom stereocenters. The summed E-state index contributed by atoms with van der Waals surface area (Å²) in [6, 6.07) is 31.2. The first-order valence-electron chi connectivity index (χ1n) is 10.8. The molecule has 3 aromatic carbocycles. The standard InChI is InChI=1S/C27H29NO2/c1-21(30-26(29)22-17-19-28-20-18-22)27(23-11-5-2-6-12-23,24-13-7-3-8-14-24)25-15-9-4-10-16-25/h2-16,21-22,28H,17-20H2,1H3. The van der Waals surface area contributed by atoms with Crippen LogP contribution < -0.4 is 5.32 Å². The van der Waals surface area contributed by atoms with Gasteiger partial charge >= 0.3 is 5.97 Å². The van der Waals surface area contributed by atoms with Gasteiger partial charge in [-0.2, -0.15) is 0 Å². The molecule has 1 aliphatic rings. The van der Waals surface area contributed by atoms with E-state index in [0.29, 0.717) is 0 Å². The second-order valence-corrected chi connectivity index (χ2v) is 8.01. The van der Waals surface area contributed by atoms with Gasteiger partial charge in [0, 0.05) is 0 Å². The van der Waals surface area contributed by atoms with Gasteiger partial charge in [-0.15, -0.1) is 0 Å². The van der Waals surface area contributed by atoms with Crippen molar-refractivity contribution in [2.24, 2.45) is 5.92 Å². The molecular weight excluding hydrogens is 370 g/mol. The lowest BCUT2D eigenvalue weighted by Gasteiger charge is -2.41. The fourth-order valence-corrected chi connectivity index (χ4v) is 4.72. The van der Waals surface area contributed by atoms with E-state index in [4.69, 9.17) is 4.74 Å². The van der Waals surface area contributed by atoms with E-state index in [1.807, 2.05) is 25.1 Å². The van der Waals surface area contributed by atoms with Gasteiger partial charge in [0.05, 0.1) is 11.3 Å². The Bertz CT molecular complexity index is 838. The van der Waals surface area contributed by atoms with E-state index in [0.717, 1.165) is 42.6 Å². The first-order chi connectivity index (χ1) is 14.7. The number of esters is 1. The van der Waals surface area contributed by atoms with Crippen molar-refractivity contribution in [3.8, 4) is 0 Å². The predicted octanol–water partition coefficient (Wildman–Crippen LogP) is 4.95. The summed E-state index contributed by atoms with van der Waals surface area (Å²) in [5, 5.41) is 3.32. The molecule has 0 bridgehead atoms. The summed E-state index contributed by atoms with van der Waals surface area (Å²) in [5.74, 6) is -0.120. The molecule has 3 aromatic rings. The lowest BCUT2D eigenvalue weighted by molar-refractivity contribution is -0.156. The largest absolute Gasteiger partial charge is 0.461 e. The van der Waals surface area contributed by atoms with Crippen LogP contribution in [0.3, 0.4) is 0 Å². The lowest BCUT2D eigenvalue weighted by atomic mass is 9.66. The molecule has 0 aromatic heterocycles. The van der Waals surface area contributed by atoms with Crippen molar-refractivity contribution in [2.45, 2.75) is 31.3 Å². The zero-order valence-corrected chi connectivity index (χ0v) is 17.5. The third-order valence-corrected chi connectivity index (χ3v) is 6.26. The van der Waals surface area contributed by atoms with Crippen molar-refractivity contribution >= 4 is 5.97 Å². The number of benzene rings is 3. The summed E-state index contributed by atoms with van der Waals surface area (Å²) in [6.45, 7) is 3.77. The summed E-state index contributed by atoms with van der Waals surface area (Å²) in [5.41, 5.74) is 2.76. The van der Waals surface area contributed by atoms with Crippen LogP contribution in [0, 0.1) is 5.92 Å². The Morgan fingerprint density at radius 3 is 1.60 bits per heavy atom. The van der Waals surface area contributed by atoms with Gasteiger partial charge in [-0.1, -0.05) is 91.0 Å². The molecule has 3 heteroatoms. The van der Waals surface area contributed by atoms with E-state index >= 15 is 0 Å². The highest BCUT2D eigenvalue weighted by Gasteiger charge is 2.44. The van der Waals surface area contributed by atoms with Crippen molar-refractivity contribution in [2.75, 3.05) is 13.1 Å². The Hall–Kier alpha value is -2.91. The smallest absolute Gasteiger partial charge is 0.309 e. The van der Waals surface area contributed by atoms with Crippen LogP contribution in [0.4, 0.5) is 0 Å². The van der Waals surface area contributed by atoms with Gasteiger partial charge in [0.2, 0.25) is 0 Å². The predicted molar refractivity (Wildman–Crippen MR) is 120 cm³/mol. The Morgan fingerprint density at radius 1 is 0.800 bits per heavy atom. The number of hydrogen-bond acceptors (Lipinski definition) is 3. The van der Waals surface area contributed by atoms with E-state index in [1.54, 1.807) is 0 Å². The second kappa shape index (κ2) is 9.27. The summed E-state index contributed by atoms with van der Waals surface area (Å²) in [7, 11) is 0. The summed E-state index contributed by atoms with van der Waals surface area (Å²) < 4.78 is 6.25. The zero-order chi connectivity index (χ0) is 20.8. The summed E-state index contributed by atoms with van der Waals surface area (Å²) >= 11 is 0. The molecule has 1 N–H and O–H groups in total. The molecule has 4 rings (SSSR count). The second-order valence-electron chi connectivity index (χ2n) is 8.01. The number of hydrogen-bond donors (Lipinski definition) is 1. The Morgan fingerprint density at radius 2 is 1.20 bits per heavy atom. The van der Waals surface area contributed by atoms with Crippen molar-refractivity contribution in [1.82, 2.24) is 5.32 Å². The molecule has 30 heavy (non-hydrogen) atoms. The number of carbonyl (C=O) groups excluding carboxylic acids is 1. The van der Waals surface area contributed by atoms with E-state index in [2.05, 4.69) is 78.1 Å². The van der Waals surface area contributed by atoms with Crippen LogP contribution in [-0.4, -0.2) is 25.2 Å². The number of piperidine rings is 1. The van der Waals surface area contributed by atoms with Crippen LogP contribution in [0.25, 0.3) is 0 Å². The SMILES string of the molecule is CC(OC(=O)C1CCNCC1)C(c1ccccc1)(c1ccccc1)c1ccccc1. The van der Waals surface area contributed by atoms with Crippen molar-refractivity contribution in [3.05, 3.63) is 108 Å². The van der Waals surface area contributed by atoms with Gasteiger partial charge in [0.15, 0.2) is 0 Å². The highest BCUT2D eigenvalue weighted by molar-refractivity contribution is 5.73. The molecular formula is C27H29NO2. The highest BCUT2D eigenvalue weighted by atomic mass is 16.5. The van der Waals surface area contributed by atoms with Crippen LogP contribution in [-0.2, 0) is 14.9 Å². The van der Waals surface area contributed by atoms with Gasteiger partial charge in [-0.25, -0.2) is 0 Å². The van der Waals surface area contributed by atoms with E-state index in [-0.39, 0.29) is 18.0 Å². The maximum atomic E-state index is 13.1. The third kappa shape index (κ3) is 3.90. The molecule has 0 amide bonds. The molecule has 1 heterocycles. The molecule has 3 nitrogen and oxygen atoms in total. The fourth-order valence-electron chi connectivity index (χ4n) is 4.72. The molecule has 1 aliphatic heterocycles. The third-order valence-electron chi connectivity index (χ3n) is 6.26. The minimum absolute atomic E-state index is 0.0336. The Balaban J connectivity index is 1.83. The minimum Gasteiger partial charge on any atom is -0.461 e. The molecule has 0 spiro atoms. The molecule has 0 saturated carbocycles.